The van der Waals surface area contributed by atoms with Crippen LogP contribution >= 0.6 is 11.3 Å². The first-order valence-corrected chi connectivity index (χ1v) is 12.1. The number of nitrogens with one attached hydrogen (secondary N) is 1. The number of hydrogen-bond acceptors (Lipinski definition) is 3. The number of hydrogen-bond donors (Lipinski definition) is 1. The molecule has 1 fully saturated rings. The lowest BCUT2D eigenvalue weighted by atomic mass is 9.90. The van der Waals surface area contributed by atoms with Crippen molar-refractivity contribution in [1.82, 2.24) is 9.88 Å². The first-order valence-electron chi connectivity index (χ1n) is 11.2. The van der Waals surface area contributed by atoms with Gasteiger partial charge in [0.1, 0.15) is 11.2 Å². The van der Waals surface area contributed by atoms with Crippen LogP contribution in [0.2, 0.25) is 0 Å². The van der Waals surface area contributed by atoms with Crippen molar-refractivity contribution in [2.45, 2.75) is 71.0 Å². The summed E-state index contributed by atoms with van der Waals surface area (Å²) in [6.45, 7) is 6.45. The van der Waals surface area contributed by atoms with Crippen molar-refractivity contribution in [3.05, 3.63) is 52.5 Å². The first-order chi connectivity index (χ1) is 14.9. The second-order valence-corrected chi connectivity index (χ2v) is 10.2. The summed E-state index contributed by atoms with van der Waals surface area (Å²) in [5, 5.41) is 5.35. The smallest absolute Gasteiger partial charge is 0.275 e. The molecule has 2 amide bonds. The fraction of sp³-hybridized carbons (Fsp3) is 0.440. The van der Waals surface area contributed by atoms with E-state index in [4.69, 9.17) is 0 Å². The van der Waals surface area contributed by atoms with Crippen molar-refractivity contribution in [1.29, 1.82) is 0 Å². The molecule has 5 nitrogen and oxygen atoms in total. The van der Waals surface area contributed by atoms with E-state index in [1.165, 1.54) is 6.42 Å². The van der Waals surface area contributed by atoms with Gasteiger partial charge in [-0.05, 0) is 68.3 Å². The summed E-state index contributed by atoms with van der Waals surface area (Å²) in [7, 11) is 0. The highest BCUT2D eigenvalue weighted by Crippen LogP contribution is 2.39. The van der Waals surface area contributed by atoms with Gasteiger partial charge in [-0.25, -0.2) is 0 Å². The average molecular weight is 436 g/mol. The van der Waals surface area contributed by atoms with Crippen LogP contribution in [0, 0.1) is 13.8 Å². The Morgan fingerprint density at radius 3 is 2.71 bits per heavy atom. The lowest BCUT2D eigenvalue weighted by Gasteiger charge is -2.45. The standard InChI is InChI=1S/C25H29N3O2S/c1-16-8-7-11-19(17(16)2)28-23(29)21-14-22-20(12-13-31-22)27(21)15-25(28,3)24(30)26-18-9-5-4-6-10-18/h7-8,11-14,18H,4-6,9-10,15H2,1-3H3,(H,26,30)/t25-/m0/s1. The molecule has 1 saturated carbocycles. The molecule has 31 heavy (non-hydrogen) atoms. The maximum atomic E-state index is 13.9. The Kier molecular flexibility index (Phi) is 4.93. The van der Waals surface area contributed by atoms with E-state index in [9.17, 15) is 9.59 Å². The number of fused-ring (bicyclic) bond motifs is 3. The molecular weight excluding hydrogens is 406 g/mol. The largest absolute Gasteiger partial charge is 0.351 e. The fourth-order valence-electron chi connectivity index (χ4n) is 5.16. The number of aromatic nitrogens is 1. The fourth-order valence-corrected chi connectivity index (χ4v) is 5.98. The van der Waals surface area contributed by atoms with Gasteiger partial charge in [0.05, 0.1) is 16.8 Å². The minimum Gasteiger partial charge on any atom is -0.351 e. The van der Waals surface area contributed by atoms with E-state index in [0.717, 1.165) is 52.7 Å². The van der Waals surface area contributed by atoms with Crippen LogP contribution in [0.15, 0.2) is 35.7 Å². The van der Waals surface area contributed by atoms with Gasteiger partial charge >= 0.3 is 0 Å². The second-order valence-electron chi connectivity index (χ2n) is 9.23. The van der Waals surface area contributed by atoms with Crippen LogP contribution < -0.4 is 10.2 Å². The van der Waals surface area contributed by atoms with Crippen LogP contribution in [0.4, 0.5) is 5.69 Å². The molecule has 0 unspecified atom stereocenters. The number of aryl methyl sites for hydroxylation is 1. The molecule has 1 aliphatic heterocycles. The third kappa shape index (κ3) is 3.19. The number of carbonyl (C=O) groups excluding carboxylic acids is 2. The molecule has 0 spiro atoms. The van der Waals surface area contributed by atoms with Gasteiger partial charge in [0, 0.05) is 11.7 Å². The summed E-state index contributed by atoms with van der Waals surface area (Å²) < 4.78 is 3.12. The summed E-state index contributed by atoms with van der Waals surface area (Å²) in [5.74, 6) is -0.166. The normalized spacial score (nSPS) is 22.0. The van der Waals surface area contributed by atoms with E-state index in [1.807, 2.05) is 61.1 Å². The van der Waals surface area contributed by atoms with Gasteiger partial charge in [0.2, 0.25) is 5.91 Å². The number of anilines is 1. The molecule has 3 heterocycles. The van der Waals surface area contributed by atoms with Crippen LogP contribution in [-0.4, -0.2) is 28.0 Å². The van der Waals surface area contributed by atoms with Crippen LogP contribution in [0.3, 0.4) is 0 Å². The predicted molar refractivity (Wildman–Crippen MR) is 126 cm³/mol. The van der Waals surface area contributed by atoms with Gasteiger partial charge in [-0.3, -0.25) is 14.5 Å². The third-order valence-electron chi connectivity index (χ3n) is 7.15. The lowest BCUT2D eigenvalue weighted by molar-refractivity contribution is -0.127. The summed E-state index contributed by atoms with van der Waals surface area (Å²) >= 11 is 1.63. The highest BCUT2D eigenvalue weighted by atomic mass is 32.1. The zero-order chi connectivity index (χ0) is 21.8. The topological polar surface area (TPSA) is 54.3 Å². The molecule has 1 N–H and O–H groups in total. The van der Waals surface area contributed by atoms with E-state index >= 15 is 0 Å². The van der Waals surface area contributed by atoms with Crippen molar-refractivity contribution < 1.29 is 9.59 Å². The minimum absolute atomic E-state index is 0.0589. The SMILES string of the molecule is Cc1cccc(N2C(=O)c3cc4sccc4n3C[C@@]2(C)C(=O)NC2CCCCC2)c1C. The van der Waals surface area contributed by atoms with E-state index in [2.05, 4.69) is 5.32 Å². The lowest BCUT2D eigenvalue weighted by Crippen LogP contribution is -2.65. The Hall–Kier alpha value is -2.60. The molecule has 1 atom stereocenters. The minimum atomic E-state index is -1.01. The van der Waals surface area contributed by atoms with E-state index < -0.39 is 5.54 Å². The van der Waals surface area contributed by atoms with Gasteiger partial charge in [-0.15, -0.1) is 11.3 Å². The molecule has 1 aliphatic carbocycles. The van der Waals surface area contributed by atoms with Gasteiger partial charge in [-0.1, -0.05) is 31.4 Å². The Balaban J connectivity index is 1.63. The highest BCUT2D eigenvalue weighted by Gasteiger charge is 2.49. The van der Waals surface area contributed by atoms with Gasteiger partial charge in [0.15, 0.2) is 0 Å². The Morgan fingerprint density at radius 2 is 1.94 bits per heavy atom. The molecular formula is C25H29N3O2S. The summed E-state index contributed by atoms with van der Waals surface area (Å²) in [4.78, 5) is 29.5. The number of thiophene rings is 1. The Morgan fingerprint density at radius 1 is 1.16 bits per heavy atom. The molecule has 6 heteroatoms. The predicted octanol–water partition coefficient (Wildman–Crippen LogP) is 5.19. The molecule has 0 bridgehead atoms. The van der Waals surface area contributed by atoms with Crippen LogP contribution in [-0.2, 0) is 11.3 Å². The molecule has 2 aliphatic rings. The Bertz CT molecular complexity index is 1170. The van der Waals surface area contributed by atoms with Crippen LogP contribution in [0.1, 0.15) is 60.6 Å². The van der Waals surface area contributed by atoms with Crippen molar-refractivity contribution >= 4 is 39.1 Å². The molecule has 5 rings (SSSR count). The summed E-state index contributed by atoms with van der Waals surface area (Å²) in [5.41, 5.74) is 3.66. The molecule has 2 aromatic heterocycles. The average Bonchev–Trinajstić information content (AvgIpc) is 3.34. The third-order valence-corrected chi connectivity index (χ3v) is 8.00. The number of rotatable bonds is 3. The van der Waals surface area contributed by atoms with Gasteiger partial charge in [-0.2, -0.15) is 0 Å². The maximum Gasteiger partial charge on any atom is 0.275 e. The molecule has 162 valence electrons. The molecule has 0 saturated heterocycles. The zero-order valence-corrected chi connectivity index (χ0v) is 19.2. The maximum absolute atomic E-state index is 13.9. The van der Waals surface area contributed by atoms with E-state index in [-0.39, 0.29) is 17.9 Å². The first kappa shape index (κ1) is 20.3. The molecule has 3 aromatic rings. The van der Waals surface area contributed by atoms with Crippen molar-refractivity contribution in [3.63, 3.8) is 0 Å². The monoisotopic (exact) mass is 435 g/mol. The van der Waals surface area contributed by atoms with Crippen LogP contribution in [0.5, 0.6) is 0 Å². The second kappa shape index (κ2) is 7.52. The molecule has 1 aromatic carbocycles. The van der Waals surface area contributed by atoms with E-state index in [0.29, 0.717) is 12.2 Å². The quantitative estimate of drug-likeness (QED) is 0.616. The highest BCUT2D eigenvalue weighted by molar-refractivity contribution is 7.17. The zero-order valence-electron chi connectivity index (χ0n) is 18.4. The molecule has 0 radical (unpaired) electrons. The van der Waals surface area contributed by atoms with Gasteiger partial charge < -0.3 is 9.88 Å². The Labute approximate surface area is 187 Å². The summed E-state index contributed by atoms with van der Waals surface area (Å²) in [6.07, 6.45) is 5.57. The van der Waals surface area contributed by atoms with Gasteiger partial charge in [0.25, 0.3) is 5.91 Å². The van der Waals surface area contributed by atoms with Crippen LogP contribution in [0.25, 0.3) is 10.2 Å². The number of benzene rings is 1. The van der Waals surface area contributed by atoms with E-state index in [1.54, 1.807) is 16.2 Å². The number of carbonyl (C=O) groups is 2. The summed E-state index contributed by atoms with van der Waals surface area (Å²) in [6, 6.07) is 10.2. The van der Waals surface area contributed by atoms with Crippen molar-refractivity contribution in [2.75, 3.05) is 4.90 Å². The van der Waals surface area contributed by atoms with Crippen molar-refractivity contribution in [2.24, 2.45) is 0 Å². The number of amides is 2. The number of nitrogens with zero attached hydrogens (tertiary/aromatic N) is 2. The van der Waals surface area contributed by atoms with Crippen molar-refractivity contribution in [3.8, 4) is 0 Å².